The van der Waals surface area contributed by atoms with Crippen LogP contribution in [0.1, 0.15) is 15.9 Å². The predicted octanol–water partition coefficient (Wildman–Crippen LogP) is 4.60. The number of anilines is 2. The van der Waals surface area contributed by atoms with E-state index in [1.54, 1.807) is 49.6 Å². The molecule has 0 unspecified atom stereocenters. The Hall–Kier alpha value is -3.86. The Labute approximate surface area is 163 Å². The molecule has 0 bridgehead atoms. The molecule has 0 saturated heterocycles. The summed E-state index contributed by atoms with van der Waals surface area (Å²) in [5, 5.41) is 5.58. The molecule has 0 spiro atoms. The lowest BCUT2D eigenvalue weighted by Crippen LogP contribution is -2.16. The lowest BCUT2D eigenvalue weighted by atomic mass is 10.1. The van der Waals surface area contributed by atoms with Gasteiger partial charge in [-0.3, -0.25) is 9.59 Å². The number of carbonyl (C=O) groups is 2. The number of nitrogens with one attached hydrogen (secondary N) is 2. The van der Waals surface area contributed by atoms with Crippen LogP contribution in [-0.2, 0) is 4.79 Å². The van der Waals surface area contributed by atoms with Crippen LogP contribution in [0.5, 0.6) is 5.75 Å². The molecule has 0 aliphatic heterocycles. The molecule has 0 heterocycles. The highest BCUT2D eigenvalue weighted by molar-refractivity contribution is 6.11. The molecule has 0 radical (unpaired) electrons. The largest absolute Gasteiger partial charge is 0.496 e. The molecular formula is C23H20N2O3. The summed E-state index contributed by atoms with van der Waals surface area (Å²) in [7, 11) is 1.58. The van der Waals surface area contributed by atoms with Gasteiger partial charge in [0.15, 0.2) is 0 Å². The summed E-state index contributed by atoms with van der Waals surface area (Å²) in [5.41, 5.74) is 2.29. The second-order valence-corrected chi connectivity index (χ2v) is 5.93. The van der Waals surface area contributed by atoms with E-state index < -0.39 is 0 Å². The third-order valence-electron chi connectivity index (χ3n) is 4.01. The van der Waals surface area contributed by atoms with Gasteiger partial charge in [-0.15, -0.1) is 0 Å². The third-order valence-corrected chi connectivity index (χ3v) is 4.01. The zero-order valence-electron chi connectivity index (χ0n) is 15.4. The highest BCUT2D eigenvalue weighted by Crippen LogP contribution is 2.20. The minimum absolute atomic E-state index is 0.296. The molecule has 0 atom stereocenters. The SMILES string of the molecule is COc1ccccc1C=CC(=O)Nc1ccccc1C(=O)Nc1ccccc1. The van der Waals surface area contributed by atoms with E-state index in [-0.39, 0.29) is 11.8 Å². The molecule has 5 heteroatoms. The zero-order chi connectivity index (χ0) is 19.8. The second kappa shape index (κ2) is 9.19. The van der Waals surface area contributed by atoms with Gasteiger partial charge in [-0.2, -0.15) is 0 Å². The number of methoxy groups -OCH3 is 1. The molecule has 140 valence electrons. The summed E-state index contributed by atoms with van der Waals surface area (Å²) in [5.74, 6) is 0.0378. The Bertz CT molecular complexity index is 997. The molecule has 2 N–H and O–H groups in total. The minimum Gasteiger partial charge on any atom is -0.496 e. The van der Waals surface area contributed by atoms with Crippen LogP contribution in [0, 0.1) is 0 Å². The summed E-state index contributed by atoms with van der Waals surface area (Å²) in [6.45, 7) is 0. The molecule has 0 aliphatic carbocycles. The van der Waals surface area contributed by atoms with E-state index >= 15 is 0 Å². The van der Waals surface area contributed by atoms with Crippen LogP contribution in [0.3, 0.4) is 0 Å². The number of benzene rings is 3. The second-order valence-electron chi connectivity index (χ2n) is 5.93. The average Bonchev–Trinajstić information content (AvgIpc) is 2.73. The maximum atomic E-state index is 12.6. The van der Waals surface area contributed by atoms with Gasteiger partial charge in [0.05, 0.1) is 18.4 Å². The summed E-state index contributed by atoms with van der Waals surface area (Å²) in [6, 6.07) is 23.4. The number of hydrogen-bond acceptors (Lipinski definition) is 3. The van der Waals surface area contributed by atoms with Crippen molar-refractivity contribution < 1.29 is 14.3 Å². The van der Waals surface area contributed by atoms with Crippen molar-refractivity contribution in [2.45, 2.75) is 0 Å². The quantitative estimate of drug-likeness (QED) is 0.622. The van der Waals surface area contributed by atoms with Crippen molar-refractivity contribution in [3.05, 3.63) is 96.1 Å². The van der Waals surface area contributed by atoms with E-state index in [1.165, 1.54) is 6.08 Å². The number of para-hydroxylation sites is 3. The minimum atomic E-state index is -0.342. The zero-order valence-corrected chi connectivity index (χ0v) is 15.4. The smallest absolute Gasteiger partial charge is 0.257 e. The Kier molecular flexibility index (Phi) is 6.21. The number of hydrogen-bond donors (Lipinski definition) is 2. The van der Waals surface area contributed by atoms with Gasteiger partial charge in [0.25, 0.3) is 5.91 Å². The molecule has 0 aromatic heterocycles. The summed E-state index contributed by atoms with van der Waals surface area (Å²) in [6.07, 6.45) is 3.07. The topological polar surface area (TPSA) is 67.4 Å². The van der Waals surface area contributed by atoms with E-state index in [2.05, 4.69) is 10.6 Å². The van der Waals surface area contributed by atoms with E-state index in [1.807, 2.05) is 42.5 Å². The van der Waals surface area contributed by atoms with Gasteiger partial charge in [0.2, 0.25) is 5.91 Å². The van der Waals surface area contributed by atoms with Gasteiger partial charge in [0.1, 0.15) is 5.75 Å². The Balaban J connectivity index is 1.73. The predicted molar refractivity (Wildman–Crippen MR) is 111 cm³/mol. The van der Waals surface area contributed by atoms with Crippen molar-refractivity contribution in [2.75, 3.05) is 17.7 Å². The Morgan fingerprint density at radius 3 is 2.29 bits per heavy atom. The lowest BCUT2D eigenvalue weighted by molar-refractivity contribution is -0.111. The van der Waals surface area contributed by atoms with Crippen molar-refractivity contribution in [1.29, 1.82) is 0 Å². The van der Waals surface area contributed by atoms with E-state index in [4.69, 9.17) is 4.74 Å². The van der Waals surface area contributed by atoms with Crippen molar-refractivity contribution in [2.24, 2.45) is 0 Å². The summed E-state index contributed by atoms with van der Waals surface area (Å²) in [4.78, 5) is 24.9. The van der Waals surface area contributed by atoms with Crippen LogP contribution in [0.4, 0.5) is 11.4 Å². The lowest BCUT2D eigenvalue weighted by Gasteiger charge is -2.10. The fraction of sp³-hybridized carbons (Fsp3) is 0.0435. The van der Waals surface area contributed by atoms with Gasteiger partial charge < -0.3 is 15.4 Å². The molecule has 3 aromatic carbocycles. The maximum absolute atomic E-state index is 12.6. The Morgan fingerprint density at radius 1 is 0.821 bits per heavy atom. The van der Waals surface area contributed by atoms with Crippen molar-refractivity contribution in [3.63, 3.8) is 0 Å². The molecule has 3 aromatic rings. The molecule has 0 aliphatic rings. The number of ether oxygens (including phenoxy) is 1. The van der Waals surface area contributed by atoms with Crippen LogP contribution in [0.15, 0.2) is 84.9 Å². The molecule has 5 nitrogen and oxygen atoms in total. The fourth-order valence-corrected chi connectivity index (χ4v) is 2.65. The van der Waals surface area contributed by atoms with Gasteiger partial charge in [0, 0.05) is 17.3 Å². The molecule has 3 rings (SSSR count). The molecular weight excluding hydrogens is 352 g/mol. The number of rotatable bonds is 6. The molecule has 0 saturated carbocycles. The van der Waals surface area contributed by atoms with Crippen LogP contribution in [-0.4, -0.2) is 18.9 Å². The van der Waals surface area contributed by atoms with E-state index in [0.717, 1.165) is 5.56 Å². The van der Waals surface area contributed by atoms with Crippen LogP contribution in [0.25, 0.3) is 6.08 Å². The van der Waals surface area contributed by atoms with Gasteiger partial charge in [-0.1, -0.05) is 48.5 Å². The maximum Gasteiger partial charge on any atom is 0.257 e. The first-order chi connectivity index (χ1) is 13.7. The number of carbonyl (C=O) groups excluding carboxylic acids is 2. The van der Waals surface area contributed by atoms with Crippen molar-refractivity contribution in [3.8, 4) is 5.75 Å². The Morgan fingerprint density at radius 2 is 1.50 bits per heavy atom. The normalized spacial score (nSPS) is 10.5. The summed E-state index contributed by atoms with van der Waals surface area (Å²) < 4.78 is 5.27. The first-order valence-corrected chi connectivity index (χ1v) is 8.75. The summed E-state index contributed by atoms with van der Waals surface area (Å²) >= 11 is 0. The molecule has 2 amide bonds. The van der Waals surface area contributed by atoms with E-state index in [9.17, 15) is 9.59 Å². The van der Waals surface area contributed by atoms with Gasteiger partial charge >= 0.3 is 0 Å². The molecule has 0 fully saturated rings. The van der Waals surface area contributed by atoms with Crippen LogP contribution >= 0.6 is 0 Å². The first kappa shape index (κ1) is 18.9. The van der Waals surface area contributed by atoms with Gasteiger partial charge in [-0.05, 0) is 36.4 Å². The standard InChI is InChI=1S/C23H20N2O3/c1-28-21-14-8-5-9-17(21)15-16-22(26)25-20-13-7-6-12-19(20)23(27)24-18-10-3-2-4-11-18/h2-16H,1H3,(H,24,27)(H,25,26). The monoisotopic (exact) mass is 372 g/mol. The van der Waals surface area contributed by atoms with Crippen molar-refractivity contribution in [1.82, 2.24) is 0 Å². The van der Waals surface area contributed by atoms with Crippen LogP contribution < -0.4 is 15.4 Å². The first-order valence-electron chi connectivity index (χ1n) is 8.75. The highest BCUT2D eigenvalue weighted by Gasteiger charge is 2.12. The number of amides is 2. The van der Waals surface area contributed by atoms with Crippen molar-refractivity contribution >= 4 is 29.3 Å². The van der Waals surface area contributed by atoms with E-state index in [0.29, 0.717) is 22.7 Å². The highest BCUT2D eigenvalue weighted by atomic mass is 16.5. The molecule has 28 heavy (non-hydrogen) atoms. The average molecular weight is 372 g/mol. The fourth-order valence-electron chi connectivity index (χ4n) is 2.65. The van der Waals surface area contributed by atoms with Gasteiger partial charge in [-0.25, -0.2) is 0 Å². The van der Waals surface area contributed by atoms with Crippen LogP contribution in [0.2, 0.25) is 0 Å². The third kappa shape index (κ3) is 4.86.